The molecule has 1 saturated heterocycles. The van der Waals surface area contributed by atoms with Crippen molar-refractivity contribution in [3.63, 3.8) is 0 Å². The Labute approximate surface area is 82.7 Å². The summed E-state index contributed by atoms with van der Waals surface area (Å²) in [6, 6.07) is 3.38. The molecule has 76 valence electrons. The first kappa shape index (κ1) is 9.27. The Morgan fingerprint density at radius 2 is 2.57 bits per heavy atom. The Morgan fingerprint density at radius 3 is 3.14 bits per heavy atom. The fourth-order valence-corrected chi connectivity index (χ4v) is 1.67. The third kappa shape index (κ3) is 1.80. The molecule has 0 aromatic carbocycles. The van der Waals surface area contributed by atoms with Gasteiger partial charge in [0.15, 0.2) is 5.76 Å². The summed E-state index contributed by atoms with van der Waals surface area (Å²) in [4.78, 5) is 11.6. The highest BCUT2D eigenvalue weighted by atomic mass is 16.3. The number of hydrogen-bond acceptors (Lipinski definition) is 3. The molecule has 1 aliphatic heterocycles. The van der Waals surface area contributed by atoms with Crippen LogP contribution in [0.2, 0.25) is 0 Å². The zero-order valence-electron chi connectivity index (χ0n) is 8.17. The minimum atomic E-state index is -0.138. The monoisotopic (exact) mass is 194 g/mol. The van der Waals surface area contributed by atoms with Gasteiger partial charge < -0.3 is 15.1 Å². The topological polar surface area (TPSA) is 54.3 Å². The largest absolute Gasteiger partial charge is 0.459 e. The number of carbonyl (C=O) groups is 1. The lowest BCUT2D eigenvalue weighted by Gasteiger charge is -2.23. The van der Waals surface area contributed by atoms with Crippen molar-refractivity contribution in [2.45, 2.75) is 18.9 Å². The number of amides is 1. The lowest BCUT2D eigenvalue weighted by Crippen LogP contribution is -2.47. The van der Waals surface area contributed by atoms with Crippen LogP contribution in [0, 0.1) is 0 Å². The molecule has 0 radical (unpaired) electrons. The second-order valence-corrected chi connectivity index (χ2v) is 3.92. The smallest absolute Gasteiger partial charge is 0.287 e. The molecule has 1 unspecified atom stereocenters. The first-order valence-corrected chi connectivity index (χ1v) is 4.76. The van der Waals surface area contributed by atoms with Gasteiger partial charge in [-0.15, -0.1) is 0 Å². The maximum Gasteiger partial charge on any atom is 0.287 e. The average molecular weight is 194 g/mol. The average Bonchev–Trinajstić information content (AvgIpc) is 2.74. The second kappa shape index (κ2) is 3.46. The van der Waals surface area contributed by atoms with E-state index in [0.29, 0.717) is 5.76 Å². The highest BCUT2D eigenvalue weighted by Gasteiger charge is 2.30. The lowest BCUT2D eigenvalue weighted by molar-refractivity contribution is 0.0884. The number of rotatable bonds is 2. The SMILES string of the molecule is CC1(NC(=O)c2ccco2)CCNC1. The van der Waals surface area contributed by atoms with Crippen LogP contribution >= 0.6 is 0 Å². The molecular weight excluding hydrogens is 180 g/mol. The van der Waals surface area contributed by atoms with Gasteiger partial charge in [0.05, 0.1) is 11.8 Å². The van der Waals surface area contributed by atoms with Gasteiger partial charge in [-0.05, 0) is 32.0 Å². The molecule has 4 nitrogen and oxygen atoms in total. The number of nitrogens with one attached hydrogen (secondary N) is 2. The van der Waals surface area contributed by atoms with Gasteiger partial charge in [-0.2, -0.15) is 0 Å². The molecule has 0 spiro atoms. The zero-order chi connectivity index (χ0) is 10.0. The normalized spacial score (nSPS) is 26.4. The first-order chi connectivity index (χ1) is 6.70. The molecule has 1 fully saturated rings. The van der Waals surface area contributed by atoms with Crippen molar-refractivity contribution in [2.75, 3.05) is 13.1 Å². The minimum Gasteiger partial charge on any atom is -0.459 e. The quantitative estimate of drug-likeness (QED) is 0.730. The van der Waals surface area contributed by atoms with Gasteiger partial charge in [-0.3, -0.25) is 4.79 Å². The molecule has 2 heterocycles. The molecule has 0 bridgehead atoms. The number of carbonyl (C=O) groups excluding carboxylic acids is 1. The molecule has 0 aliphatic carbocycles. The Bertz CT molecular complexity index is 313. The van der Waals surface area contributed by atoms with Gasteiger partial charge in [0, 0.05) is 6.54 Å². The van der Waals surface area contributed by atoms with Crippen molar-refractivity contribution in [3.05, 3.63) is 24.2 Å². The minimum absolute atomic E-state index is 0.135. The van der Waals surface area contributed by atoms with E-state index in [9.17, 15) is 4.79 Å². The van der Waals surface area contributed by atoms with E-state index in [1.807, 2.05) is 6.92 Å². The third-order valence-electron chi connectivity index (χ3n) is 2.53. The standard InChI is InChI=1S/C10H14N2O2/c1-10(4-5-11-7-10)12-9(13)8-3-2-6-14-8/h2-3,6,11H,4-5,7H2,1H3,(H,12,13). The zero-order valence-corrected chi connectivity index (χ0v) is 8.17. The fourth-order valence-electron chi connectivity index (χ4n) is 1.67. The summed E-state index contributed by atoms with van der Waals surface area (Å²) < 4.78 is 5.02. The van der Waals surface area contributed by atoms with Crippen LogP contribution in [0.1, 0.15) is 23.9 Å². The van der Waals surface area contributed by atoms with Crippen LogP contribution < -0.4 is 10.6 Å². The molecule has 0 saturated carbocycles. The highest BCUT2D eigenvalue weighted by molar-refractivity contribution is 5.91. The molecule has 1 amide bonds. The van der Waals surface area contributed by atoms with E-state index in [0.717, 1.165) is 19.5 Å². The molecule has 14 heavy (non-hydrogen) atoms. The van der Waals surface area contributed by atoms with Gasteiger partial charge in [0.25, 0.3) is 5.91 Å². The van der Waals surface area contributed by atoms with Gasteiger partial charge >= 0.3 is 0 Å². The van der Waals surface area contributed by atoms with Crippen molar-refractivity contribution in [1.82, 2.24) is 10.6 Å². The van der Waals surface area contributed by atoms with Gasteiger partial charge in [0.2, 0.25) is 0 Å². The summed E-state index contributed by atoms with van der Waals surface area (Å²) in [7, 11) is 0. The van der Waals surface area contributed by atoms with E-state index in [1.165, 1.54) is 6.26 Å². The summed E-state index contributed by atoms with van der Waals surface area (Å²) >= 11 is 0. The summed E-state index contributed by atoms with van der Waals surface area (Å²) in [6.07, 6.45) is 2.46. The van der Waals surface area contributed by atoms with Crippen LogP contribution in [0.4, 0.5) is 0 Å². The fraction of sp³-hybridized carbons (Fsp3) is 0.500. The first-order valence-electron chi connectivity index (χ1n) is 4.76. The van der Waals surface area contributed by atoms with E-state index >= 15 is 0 Å². The van der Waals surface area contributed by atoms with Crippen LogP contribution in [-0.4, -0.2) is 24.5 Å². The second-order valence-electron chi connectivity index (χ2n) is 3.92. The molecule has 1 aromatic heterocycles. The van der Waals surface area contributed by atoms with Gasteiger partial charge in [-0.1, -0.05) is 0 Å². The molecule has 1 aromatic rings. The molecular formula is C10H14N2O2. The van der Waals surface area contributed by atoms with Crippen molar-refractivity contribution >= 4 is 5.91 Å². The van der Waals surface area contributed by atoms with Gasteiger partial charge in [0.1, 0.15) is 0 Å². The van der Waals surface area contributed by atoms with Gasteiger partial charge in [-0.25, -0.2) is 0 Å². The van der Waals surface area contributed by atoms with Crippen molar-refractivity contribution < 1.29 is 9.21 Å². The number of furan rings is 1. The summed E-state index contributed by atoms with van der Waals surface area (Å²) in [5.74, 6) is 0.235. The van der Waals surface area contributed by atoms with Crippen LogP contribution in [0.3, 0.4) is 0 Å². The predicted molar refractivity (Wildman–Crippen MR) is 52.1 cm³/mol. The van der Waals surface area contributed by atoms with E-state index in [4.69, 9.17) is 4.42 Å². The Hall–Kier alpha value is -1.29. The molecule has 1 atom stereocenters. The lowest BCUT2D eigenvalue weighted by atomic mass is 10.0. The molecule has 1 aliphatic rings. The van der Waals surface area contributed by atoms with Crippen molar-refractivity contribution in [1.29, 1.82) is 0 Å². The maximum atomic E-state index is 11.6. The molecule has 2 N–H and O–H groups in total. The van der Waals surface area contributed by atoms with Crippen LogP contribution in [-0.2, 0) is 0 Å². The van der Waals surface area contributed by atoms with Crippen LogP contribution in [0.5, 0.6) is 0 Å². The predicted octanol–water partition coefficient (Wildman–Crippen LogP) is 0.761. The summed E-state index contributed by atoms with van der Waals surface area (Å²) in [6.45, 7) is 3.81. The number of hydrogen-bond donors (Lipinski definition) is 2. The van der Waals surface area contributed by atoms with Crippen molar-refractivity contribution in [2.24, 2.45) is 0 Å². The third-order valence-corrected chi connectivity index (χ3v) is 2.53. The van der Waals surface area contributed by atoms with E-state index in [1.54, 1.807) is 12.1 Å². The van der Waals surface area contributed by atoms with Crippen LogP contribution in [0.25, 0.3) is 0 Å². The summed E-state index contributed by atoms with van der Waals surface area (Å²) in [5, 5.41) is 6.18. The highest BCUT2D eigenvalue weighted by Crippen LogP contribution is 2.14. The summed E-state index contributed by atoms with van der Waals surface area (Å²) in [5.41, 5.74) is -0.135. The maximum absolute atomic E-state index is 11.6. The Kier molecular flexibility index (Phi) is 2.29. The van der Waals surface area contributed by atoms with E-state index in [-0.39, 0.29) is 11.4 Å². The Morgan fingerprint density at radius 1 is 1.71 bits per heavy atom. The molecule has 4 heteroatoms. The van der Waals surface area contributed by atoms with E-state index in [2.05, 4.69) is 10.6 Å². The van der Waals surface area contributed by atoms with Crippen LogP contribution in [0.15, 0.2) is 22.8 Å². The van der Waals surface area contributed by atoms with Crippen molar-refractivity contribution in [3.8, 4) is 0 Å². The Balaban J connectivity index is 2.01. The molecule has 2 rings (SSSR count). The van der Waals surface area contributed by atoms with E-state index < -0.39 is 0 Å².